The molecule has 1 aliphatic heterocycles. The number of likely N-dealkylation sites (tertiary alicyclic amines) is 1. The van der Waals surface area contributed by atoms with E-state index >= 15 is 0 Å². The van der Waals surface area contributed by atoms with Gasteiger partial charge < -0.3 is 14.7 Å². The van der Waals surface area contributed by atoms with Crippen molar-refractivity contribution in [3.05, 3.63) is 65.2 Å². The first-order valence-corrected chi connectivity index (χ1v) is 9.78. The molecule has 5 heteroatoms. The smallest absolute Gasteiger partial charge is 0.335 e. The molecule has 3 rings (SSSR count). The monoisotopic (exact) mass is 381 g/mol. The number of rotatable bonds is 7. The molecule has 1 heterocycles. The van der Waals surface area contributed by atoms with Crippen LogP contribution in [0.5, 0.6) is 5.75 Å². The molecule has 0 aliphatic carbocycles. The third-order valence-electron chi connectivity index (χ3n) is 5.50. The van der Waals surface area contributed by atoms with E-state index in [2.05, 4.69) is 6.07 Å². The first-order chi connectivity index (χ1) is 13.6. The van der Waals surface area contributed by atoms with Gasteiger partial charge in [-0.05, 0) is 60.9 Å². The summed E-state index contributed by atoms with van der Waals surface area (Å²) in [5.41, 5.74) is 2.50. The molecule has 2 aromatic carbocycles. The van der Waals surface area contributed by atoms with Gasteiger partial charge >= 0.3 is 5.97 Å². The number of piperidine rings is 1. The molecule has 28 heavy (non-hydrogen) atoms. The van der Waals surface area contributed by atoms with E-state index in [-0.39, 0.29) is 11.5 Å². The molecule has 0 atom stereocenters. The molecule has 1 saturated heterocycles. The number of amides is 1. The molecule has 1 aliphatic rings. The molecule has 0 saturated carbocycles. The highest BCUT2D eigenvalue weighted by molar-refractivity contribution is 5.87. The maximum atomic E-state index is 12.5. The minimum Gasteiger partial charge on any atom is -0.496 e. The van der Waals surface area contributed by atoms with Gasteiger partial charge in [0.25, 0.3) is 0 Å². The summed E-state index contributed by atoms with van der Waals surface area (Å²) in [7, 11) is 1.70. The summed E-state index contributed by atoms with van der Waals surface area (Å²) in [5, 5.41) is 8.94. The number of hydrogen-bond donors (Lipinski definition) is 1. The number of nitrogens with zero attached hydrogens (tertiary/aromatic N) is 1. The third kappa shape index (κ3) is 5.12. The lowest BCUT2D eigenvalue weighted by Crippen LogP contribution is -2.39. The molecular weight excluding hydrogens is 354 g/mol. The van der Waals surface area contributed by atoms with Crippen molar-refractivity contribution in [3.63, 3.8) is 0 Å². The van der Waals surface area contributed by atoms with Gasteiger partial charge in [-0.2, -0.15) is 0 Å². The lowest BCUT2D eigenvalue weighted by atomic mass is 9.89. The van der Waals surface area contributed by atoms with Gasteiger partial charge in [-0.3, -0.25) is 4.79 Å². The molecule has 0 unspecified atom stereocenters. The first kappa shape index (κ1) is 19.9. The Labute approximate surface area is 165 Å². The van der Waals surface area contributed by atoms with Crippen LogP contribution in [0, 0.1) is 5.92 Å². The number of para-hydroxylation sites is 1. The highest BCUT2D eigenvalue weighted by atomic mass is 16.5. The van der Waals surface area contributed by atoms with Crippen LogP contribution in [0.25, 0.3) is 0 Å². The van der Waals surface area contributed by atoms with Crippen molar-refractivity contribution in [1.82, 2.24) is 4.90 Å². The van der Waals surface area contributed by atoms with Crippen LogP contribution in [0.4, 0.5) is 0 Å². The minimum absolute atomic E-state index is 0.179. The Morgan fingerprint density at radius 1 is 1.07 bits per heavy atom. The maximum Gasteiger partial charge on any atom is 0.335 e. The molecule has 1 amide bonds. The fourth-order valence-electron chi connectivity index (χ4n) is 3.79. The lowest BCUT2D eigenvalue weighted by Gasteiger charge is -2.32. The molecular formula is C23H27NO4. The topological polar surface area (TPSA) is 66.8 Å². The van der Waals surface area contributed by atoms with Crippen LogP contribution in [0.1, 0.15) is 40.7 Å². The number of carboxylic acid groups (broad SMARTS) is 1. The van der Waals surface area contributed by atoms with Crippen molar-refractivity contribution in [2.75, 3.05) is 20.2 Å². The Morgan fingerprint density at radius 3 is 2.39 bits per heavy atom. The van der Waals surface area contributed by atoms with E-state index < -0.39 is 5.97 Å². The van der Waals surface area contributed by atoms with Crippen molar-refractivity contribution in [2.45, 2.75) is 32.1 Å². The van der Waals surface area contributed by atoms with Crippen LogP contribution in [0.2, 0.25) is 0 Å². The van der Waals surface area contributed by atoms with Crippen molar-refractivity contribution in [1.29, 1.82) is 0 Å². The summed E-state index contributed by atoms with van der Waals surface area (Å²) in [5.74, 6) is 0.760. The van der Waals surface area contributed by atoms with Crippen molar-refractivity contribution in [3.8, 4) is 5.75 Å². The number of carboxylic acids is 1. The Balaban J connectivity index is 1.45. The number of hydrogen-bond acceptors (Lipinski definition) is 3. The number of carbonyl (C=O) groups excluding carboxylic acids is 1. The van der Waals surface area contributed by atoms with Gasteiger partial charge in [0.2, 0.25) is 5.91 Å². The number of aryl methyl sites for hydroxylation is 1. The molecule has 1 fully saturated rings. The summed E-state index contributed by atoms with van der Waals surface area (Å²) in [4.78, 5) is 25.4. The van der Waals surface area contributed by atoms with Gasteiger partial charge in [-0.1, -0.05) is 30.3 Å². The minimum atomic E-state index is -0.932. The average Bonchev–Trinajstić information content (AvgIpc) is 2.73. The molecule has 0 spiro atoms. The second kappa shape index (κ2) is 9.40. The molecule has 5 nitrogen and oxygen atoms in total. The van der Waals surface area contributed by atoms with E-state index in [1.807, 2.05) is 23.1 Å². The average molecular weight is 381 g/mol. The molecule has 148 valence electrons. The predicted octanol–water partition coefficient (Wildman–Crippen LogP) is 3.81. The van der Waals surface area contributed by atoms with E-state index in [9.17, 15) is 9.59 Å². The zero-order valence-electron chi connectivity index (χ0n) is 16.3. The zero-order chi connectivity index (χ0) is 19.9. The van der Waals surface area contributed by atoms with Crippen molar-refractivity contribution >= 4 is 11.9 Å². The van der Waals surface area contributed by atoms with Crippen LogP contribution in [0.3, 0.4) is 0 Å². The largest absolute Gasteiger partial charge is 0.496 e. The number of carbonyl (C=O) groups is 2. The van der Waals surface area contributed by atoms with Gasteiger partial charge in [-0.15, -0.1) is 0 Å². The number of aromatic carboxylic acids is 1. The van der Waals surface area contributed by atoms with E-state index in [0.717, 1.165) is 43.7 Å². The predicted molar refractivity (Wildman–Crippen MR) is 108 cm³/mol. The Kier molecular flexibility index (Phi) is 6.69. The van der Waals surface area contributed by atoms with Crippen LogP contribution in [-0.4, -0.2) is 42.1 Å². The van der Waals surface area contributed by atoms with Crippen LogP contribution < -0.4 is 4.74 Å². The molecule has 0 aromatic heterocycles. The van der Waals surface area contributed by atoms with Gasteiger partial charge in [0.15, 0.2) is 0 Å². The van der Waals surface area contributed by atoms with E-state index in [4.69, 9.17) is 9.84 Å². The molecule has 2 aromatic rings. The van der Waals surface area contributed by atoms with Gasteiger partial charge in [-0.25, -0.2) is 4.79 Å². The first-order valence-electron chi connectivity index (χ1n) is 9.78. The normalized spacial score (nSPS) is 14.7. The highest BCUT2D eigenvalue weighted by Crippen LogP contribution is 2.27. The number of ether oxygens (including phenoxy) is 1. The summed E-state index contributed by atoms with van der Waals surface area (Å²) in [6.07, 6.45) is 4.11. The summed E-state index contributed by atoms with van der Waals surface area (Å²) in [6.45, 7) is 1.60. The zero-order valence-corrected chi connectivity index (χ0v) is 16.3. The molecule has 0 bridgehead atoms. The Bertz CT molecular complexity index is 808. The van der Waals surface area contributed by atoms with Crippen molar-refractivity contribution < 1.29 is 19.4 Å². The summed E-state index contributed by atoms with van der Waals surface area (Å²) in [6, 6.07) is 14.9. The Hall–Kier alpha value is -2.82. The van der Waals surface area contributed by atoms with Crippen LogP contribution in [-0.2, 0) is 17.6 Å². The summed E-state index contributed by atoms with van der Waals surface area (Å²) < 4.78 is 5.44. The molecule has 0 radical (unpaired) electrons. The second-order valence-electron chi connectivity index (χ2n) is 7.34. The highest BCUT2D eigenvalue weighted by Gasteiger charge is 2.23. The fourth-order valence-corrected chi connectivity index (χ4v) is 3.79. The van der Waals surface area contributed by atoms with Gasteiger partial charge in [0, 0.05) is 19.5 Å². The van der Waals surface area contributed by atoms with E-state index in [0.29, 0.717) is 18.8 Å². The standard InChI is InChI=1S/C23H27NO4/c1-28-21-5-3-2-4-20(21)16-18-12-14-24(15-13-18)22(25)11-8-17-6-9-19(10-7-17)23(26)27/h2-7,9-10,18H,8,11-16H2,1H3,(H,26,27). The quantitative estimate of drug-likeness (QED) is 0.792. The van der Waals surface area contributed by atoms with Crippen molar-refractivity contribution in [2.24, 2.45) is 5.92 Å². The lowest BCUT2D eigenvalue weighted by molar-refractivity contribution is -0.132. The Morgan fingerprint density at radius 2 is 1.75 bits per heavy atom. The number of benzene rings is 2. The van der Waals surface area contributed by atoms with Crippen LogP contribution in [0.15, 0.2) is 48.5 Å². The number of methoxy groups -OCH3 is 1. The van der Waals surface area contributed by atoms with E-state index in [1.54, 1.807) is 31.4 Å². The summed E-state index contributed by atoms with van der Waals surface area (Å²) >= 11 is 0. The van der Waals surface area contributed by atoms with Gasteiger partial charge in [0.05, 0.1) is 12.7 Å². The fraction of sp³-hybridized carbons (Fsp3) is 0.391. The van der Waals surface area contributed by atoms with Crippen LogP contribution >= 0.6 is 0 Å². The maximum absolute atomic E-state index is 12.5. The van der Waals surface area contributed by atoms with Gasteiger partial charge in [0.1, 0.15) is 5.75 Å². The van der Waals surface area contributed by atoms with E-state index in [1.165, 1.54) is 5.56 Å². The third-order valence-corrected chi connectivity index (χ3v) is 5.50. The SMILES string of the molecule is COc1ccccc1CC1CCN(C(=O)CCc2ccc(C(=O)O)cc2)CC1. The molecule has 1 N–H and O–H groups in total. The second-order valence-corrected chi connectivity index (χ2v) is 7.34.